The summed E-state index contributed by atoms with van der Waals surface area (Å²) < 4.78 is 0.929. The number of nitrogens with zero attached hydrogens (tertiary/aromatic N) is 2. The van der Waals surface area contributed by atoms with E-state index in [1.807, 2.05) is 6.07 Å². The maximum absolute atomic E-state index is 5.88. The van der Waals surface area contributed by atoms with Crippen molar-refractivity contribution in [2.45, 2.75) is 18.9 Å². The average Bonchev–Trinajstić information content (AvgIpc) is 2.27. The Balaban J connectivity index is 2.42. The van der Waals surface area contributed by atoms with Gasteiger partial charge in [-0.1, -0.05) is 13.8 Å². The van der Waals surface area contributed by atoms with Crippen molar-refractivity contribution in [3.05, 3.63) is 16.7 Å². The average molecular weight is 304 g/mol. The number of anilines is 1. The summed E-state index contributed by atoms with van der Waals surface area (Å²) in [4.78, 5) is 6.69. The van der Waals surface area contributed by atoms with E-state index < -0.39 is 0 Å². The van der Waals surface area contributed by atoms with Crippen LogP contribution in [0.15, 0.2) is 21.8 Å². The van der Waals surface area contributed by atoms with Gasteiger partial charge in [-0.25, -0.2) is 4.98 Å². The fourth-order valence-corrected chi connectivity index (χ4v) is 2.62. The highest BCUT2D eigenvalue weighted by Crippen LogP contribution is 2.24. The van der Waals surface area contributed by atoms with Crippen molar-refractivity contribution in [3.8, 4) is 0 Å². The molecule has 0 saturated carbocycles. The molecular formula is C11H18BrN3S. The van der Waals surface area contributed by atoms with Gasteiger partial charge in [0, 0.05) is 23.0 Å². The Morgan fingerprint density at radius 2 is 2.12 bits per heavy atom. The zero-order valence-electron chi connectivity index (χ0n) is 9.74. The molecule has 0 saturated heterocycles. The van der Waals surface area contributed by atoms with E-state index in [4.69, 9.17) is 5.73 Å². The predicted octanol–water partition coefficient (Wildman–Crippen LogP) is 2.86. The summed E-state index contributed by atoms with van der Waals surface area (Å²) >= 11 is 5.07. The van der Waals surface area contributed by atoms with E-state index in [0.717, 1.165) is 40.6 Å². The molecule has 90 valence electrons. The molecule has 1 heterocycles. The molecule has 0 aliphatic carbocycles. The van der Waals surface area contributed by atoms with Crippen LogP contribution in [0.3, 0.4) is 0 Å². The molecule has 3 nitrogen and oxygen atoms in total. The van der Waals surface area contributed by atoms with Gasteiger partial charge in [-0.15, -0.1) is 11.8 Å². The number of thioether (sulfide) groups is 1. The van der Waals surface area contributed by atoms with Crippen LogP contribution in [0.5, 0.6) is 0 Å². The van der Waals surface area contributed by atoms with Crippen LogP contribution < -0.4 is 5.73 Å². The second-order valence-corrected chi connectivity index (χ2v) is 5.42. The summed E-state index contributed by atoms with van der Waals surface area (Å²) in [6.07, 6.45) is 1.79. The van der Waals surface area contributed by atoms with Crippen molar-refractivity contribution in [1.29, 1.82) is 0 Å². The second kappa shape index (κ2) is 7.14. The summed E-state index contributed by atoms with van der Waals surface area (Å²) in [6, 6.07) is 1.90. The Labute approximate surface area is 110 Å². The Morgan fingerprint density at radius 1 is 1.44 bits per heavy atom. The van der Waals surface area contributed by atoms with Crippen molar-refractivity contribution < 1.29 is 0 Å². The lowest BCUT2D eigenvalue weighted by Gasteiger charge is -2.17. The molecule has 16 heavy (non-hydrogen) atoms. The molecule has 0 aliphatic rings. The fraction of sp³-hybridized carbons (Fsp3) is 0.545. The monoisotopic (exact) mass is 303 g/mol. The minimum atomic E-state index is 0.749. The first-order valence-corrected chi connectivity index (χ1v) is 7.21. The molecule has 0 spiro atoms. The van der Waals surface area contributed by atoms with Crippen LogP contribution in [-0.4, -0.2) is 35.3 Å². The van der Waals surface area contributed by atoms with Crippen LogP contribution >= 0.6 is 27.7 Å². The van der Waals surface area contributed by atoms with Crippen molar-refractivity contribution >= 4 is 33.4 Å². The molecular weight excluding hydrogens is 286 g/mol. The van der Waals surface area contributed by atoms with Gasteiger partial charge in [0.2, 0.25) is 0 Å². The van der Waals surface area contributed by atoms with E-state index in [-0.39, 0.29) is 0 Å². The summed E-state index contributed by atoms with van der Waals surface area (Å²) in [6.45, 7) is 7.64. The largest absolute Gasteiger partial charge is 0.397 e. The highest BCUT2D eigenvalue weighted by Gasteiger charge is 2.04. The highest BCUT2D eigenvalue weighted by atomic mass is 79.9. The molecule has 0 fully saturated rings. The van der Waals surface area contributed by atoms with Crippen LogP contribution in [-0.2, 0) is 0 Å². The standard InChI is InChI=1S/C11H18BrN3S/c1-3-15(4-2)5-6-16-11-10(13)7-9(12)8-14-11/h7-8H,3-6,13H2,1-2H3. The molecule has 1 aromatic heterocycles. The van der Waals surface area contributed by atoms with Crippen LogP contribution in [0.1, 0.15) is 13.8 Å². The quantitative estimate of drug-likeness (QED) is 0.821. The predicted molar refractivity (Wildman–Crippen MR) is 74.9 cm³/mol. The zero-order valence-corrected chi connectivity index (χ0v) is 12.1. The SMILES string of the molecule is CCN(CC)CCSc1ncc(Br)cc1N. The van der Waals surface area contributed by atoms with Crippen LogP contribution in [0.25, 0.3) is 0 Å². The van der Waals surface area contributed by atoms with Gasteiger partial charge in [0.25, 0.3) is 0 Å². The molecule has 0 bridgehead atoms. The maximum Gasteiger partial charge on any atom is 0.119 e. The first-order valence-electron chi connectivity index (χ1n) is 5.43. The number of halogens is 1. The first-order chi connectivity index (χ1) is 7.67. The van der Waals surface area contributed by atoms with Crippen LogP contribution in [0.4, 0.5) is 5.69 Å². The molecule has 1 aromatic rings. The highest BCUT2D eigenvalue weighted by molar-refractivity contribution is 9.10. The summed E-state index contributed by atoms with van der Waals surface area (Å²) in [7, 11) is 0. The lowest BCUT2D eigenvalue weighted by Crippen LogP contribution is -2.25. The minimum absolute atomic E-state index is 0.749. The van der Waals surface area contributed by atoms with E-state index in [0.29, 0.717) is 0 Å². The molecule has 0 unspecified atom stereocenters. The van der Waals surface area contributed by atoms with E-state index in [2.05, 4.69) is 39.7 Å². The molecule has 0 amide bonds. The van der Waals surface area contributed by atoms with Gasteiger partial charge in [0.05, 0.1) is 5.69 Å². The molecule has 1 rings (SSSR count). The van der Waals surface area contributed by atoms with Crippen LogP contribution in [0.2, 0.25) is 0 Å². The topological polar surface area (TPSA) is 42.2 Å². The number of rotatable bonds is 6. The molecule has 0 aromatic carbocycles. The van der Waals surface area contributed by atoms with Gasteiger partial charge in [0.15, 0.2) is 0 Å². The van der Waals surface area contributed by atoms with Crippen LogP contribution in [0, 0.1) is 0 Å². The van der Waals surface area contributed by atoms with Gasteiger partial charge in [-0.05, 0) is 35.1 Å². The van der Waals surface area contributed by atoms with Gasteiger partial charge >= 0.3 is 0 Å². The van der Waals surface area contributed by atoms with Gasteiger partial charge in [-0.2, -0.15) is 0 Å². The van der Waals surface area contributed by atoms with E-state index >= 15 is 0 Å². The number of hydrogen-bond acceptors (Lipinski definition) is 4. The summed E-state index contributed by atoms with van der Waals surface area (Å²) in [5, 5.41) is 0.926. The summed E-state index contributed by atoms with van der Waals surface area (Å²) in [5.74, 6) is 1.03. The number of aromatic nitrogens is 1. The van der Waals surface area contributed by atoms with E-state index in [9.17, 15) is 0 Å². The molecule has 0 atom stereocenters. The first kappa shape index (κ1) is 13.8. The Morgan fingerprint density at radius 3 is 2.69 bits per heavy atom. The van der Waals surface area contributed by atoms with E-state index in [1.165, 1.54) is 0 Å². The van der Waals surface area contributed by atoms with Gasteiger partial charge < -0.3 is 10.6 Å². The van der Waals surface area contributed by atoms with Gasteiger partial charge in [-0.3, -0.25) is 0 Å². The lowest BCUT2D eigenvalue weighted by atomic mass is 10.4. The fourth-order valence-electron chi connectivity index (χ4n) is 1.37. The molecule has 0 radical (unpaired) electrons. The zero-order chi connectivity index (χ0) is 12.0. The third kappa shape index (κ3) is 4.31. The van der Waals surface area contributed by atoms with Gasteiger partial charge in [0.1, 0.15) is 5.03 Å². The number of nitrogen functional groups attached to an aromatic ring is 1. The van der Waals surface area contributed by atoms with Crippen molar-refractivity contribution in [2.75, 3.05) is 31.1 Å². The maximum atomic E-state index is 5.88. The Bertz CT molecular complexity index is 329. The van der Waals surface area contributed by atoms with Crippen molar-refractivity contribution in [1.82, 2.24) is 9.88 Å². The third-order valence-electron chi connectivity index (χ3n) is 2.39. The number of pyridine rings is 1. The Hall–Kier alpha value is -0.260. The second-order valence-electron chi connectivity index (χ2n) is 3.42. The summed E-state index contributed by atoms with van der Waals surface area (Å²) in [5.41, 5.74) is 6.63. The van der Waals surface area contributed by atoms with Crippen molar-refractivity contribution in [3.63, 3.8) is 0 Å². The normalized spacial score (nSPS) is 11.0. The smallest absolute Gasteiger partial charge is 0.119 e. The lowest BCUT2D eigenvalue weighted by molar-refractivity contribution is 0.324. The van der Waals surface area contributed by atoms with Crippen molar-refractivity contribution in [2.24, 2.45) is 0 Å². The number of hydrogen-bond donors (Lipinski definition) is 1. The molecule has 0 aliphatic heterocycles. The third-order valence-corrected chi connectivity index (χ3v) is 3.82. The Kier molecular flexibility index (Phi) is 6.16. The number of nitrogens with two attached hydrogens (primary N) is 1. The minimum Gasteiger partial charge on any atom is -0.397 e. The van der Waals surface area contributed by atoms with E-state index in [1.54, 1.807) is 18.0 Å². The molecule has 2 N–H and O–H groups in total. The molecule has 5 heteroatoms.